The maximum atomic E-state index is 10.2. The number of aryl methyl sites for hydroxylation is 2. The van der Waals surface area contributed by atoms with Gasteiger partial charge in [0, 0.05) is 17.5 Å². The molecular weight excluding hydrogens is 176 g/mol. The summed E-state index contributed by atoms with van der Waals surface area (Å²) in [7, 11) is 0. The van der Waals surface area contributed by atoms with Crippen molar-refractivity contribution in [1.29, 1.82) is 0 Å². The Balaban J connectivity index is 3.20. The first kappa shape index (κ1) is 9.13. The molecule has 0 amide bonds. The van der Waals surface area contributed by atoms with Gasteiger partial charge in [0.2, 0.25) is 0 Å². The minimum atomic E-state index is -0.821. The summed E-state index contributed by atoms with van der Waals surface area (Å²) < 4.78 is 0. The second kappa shape index (κ2) is 3.63. The fourth-order valence-corrected chi connectivity index (χ4v) is 1.45. The first-order chi connectivity index (χ1) is 5.66. The van der Waals surface area contributed by atoms with Crippen molar-refractivity contribution in [2.75, 3.05) is 0 Å². The van der Waals surface area contributed by atoms with Crippen molar-refractivity contribution >= 4 is 11.6 Å². The number of nitrogens with zero attached hydrogens (tertiary/aromatic N) is 2. The van der Waals surface area contributed by atoms with Gasteiger partial charge in [0.25, 0.3) is 0 Å². The molecule has 0 aliphatic rings. The van der Waals surface area contributed by atoms with Gasteiger partial charge in [-0.1, -0.05) is 11.6 Å². The van der Waals surface area contributed by atoms with Gasteiger partial charge in [-0.3, -0.25) is 4.98 Å². The van der Waals surface area contributed by atoms with Crippen LogP contribution in [-0.4, -0.2) is 4.98 Å². The molecule has 0 aromatic carbocycles. The van der Waals surface area contributed by atoms with Crippen LogP contribution in [0.5, 0.6) is 0 Å². The Bertz CT molecular complexity index is 281. The molecule has 0 saturated heterocycles. The molecule has 1 aromatic rings. The molecule has 1 aromatic heterocycles. The lowest BCUT2D eigenvalue weighted by atomic mass is 10.1. The molecule has 0 fully saturated rings. The lowest BCUT2D eigenvalue weighted by molar-refractivity contribution is 0.943. The topological polar surface area (TPSA) is 42.3 Å². The van der Waals surface area contributed by atoms with Crippen molar-refractivity contribution in [2.24, 2.45) is 5.18 Å². The summed E-state index contributed by atoms with van der Waals surface area (Å²) in [6.45, 7) is 3.69. The van der Waals surface area contributed by atoms with Gasteiger partial charge < -0.3 is 0 Å². The maximum Gasteiger partial charge on any atom is 0.192 e. The highest BCUT2D eigenvalue weighted by atomic mass is 35.5. The van der Waals surface area contributed by atoms with E-state index in [1.54, 1.807) is 6.20 Å². The van der Waals surface area contributed by atoms with Crippen molar-refractivity contribution in [3.8, 4) is 0 Å². The van der Waals surface area contributed by atoms with E-state index in [-0.39, 0.29) is 0 Å². The monoisotopic (exact) mass is 184 g/mol. The van der Waals surface area contributed by atoms with Crippen LogP contribution in [0.25, 0.3) is 0 Å². The predicted molar refractivity (Wildman–Crippen MR) is 48.1 cm³/mol. The quantitative estimate of drug-likeness (QED) is 0.403. The van der Waals surface area contributed by atoms with Crippen LogP contribution in [0.4, 0.5) is 0 Å². The van der Waals surface area contributed by atoms with Crippen LogP contribution in [0.1, 0.15) is 22.3 Å². The van der Waals surface area contributed by atoms with E-state index in [0.717, 1.165) is 11.3 Å². The van der Waals surface area contributed by atoms with Gasteiger partial charge in [0.15, 0.2) is 5.50 Å². The first-order valence-electron chi connectivity index (χ1n) is 3.55. The van der Waals surface area contributed by atoms with Crippen molar-refractivity contribution < 1.29 is 0 Å². The SMILES string of the molecule is Cc1ccnc(C)c1C(Cl)N=O. The van der Waals surface area contributed by atoms with Crippen molar-refractivity contribution in [1.82, 2.24) is 4.98 Å². The van der Waals surface area contributed by atoms with Crippen LogP contribution in [-0.2, 0) is 0 Å². The third kappa shape index (κ3) is 1.61. The van der Waals surface area contributed by atoms with Gasteiger partial charge in [-0.15, -0.1) is 4.91 Å². The summed E-state index contributed by atoms with van der Waals surface area (Å²) in [6.07, 6.45) is 1.68. The molecule has 4 heteroatoms. The van der Waals surface area contributed by atoms with Gasteiger partial charge >= 0.3 is 0 Å². The molecule has 0 aliphatic heterocycles. The smallest absolute Gasteiger partial charge is 0.192 e. The Morgan fingerprint density at radius 3 is 2.75 bits per heavy atom. The third-order valence-corrected chi connectivity index (χ3v) is 2.04. The fraction of sp³-hybridized carbons (Fsp3) is 0.375. The number of hydrogen-bond acceptors (Lipinski definition) is 3. The van der Waals surface area contributed by atoms with Crippen LogP contribution in [0, 0.1) is 18.8 Å². The van der Waals surface area contributed by atoms with Gasteiger partial charge in [-0.05, 0) is 30.7 Å². The Morgan fingerprint density at radius 2 is 2.25 bits per heavy atom. The van der Waals surface area contributed by atoms with Gasteiger partial charge in [0.1, 0.15) is 0 Å². The van der Waals surface area contributed by atoms with Crippen LogP contribution in [0.15, 0.2) is 17.4 Å². The summed E-state index contributed by atoms with van der Waals surface area (Å²) in [5, 5.41) is 2.76. The Kier molecular flexibility index (Phi) is 2.76. The number of nitroso groups, excluding NO2 is 1. The third-order valence-electron chi connectivity index (χ3n) is 1.74. The van der Waals surface area contributed by atoms with E-state index in [1.165, 1.54) is 0 Å². The Labute approximate surface area is 75.7 Å². The molecular formula is C8H9ClN2O. The summed E-state index contributed by atoms with van der Waals surface area (Å²) >= 11 is 5.68. The second-order valence-corrected chi connectivity index (χ2v) is 2.98. The number of aromatic nitrogens is 1. The first-order valence-corrected chi connectivity index (χ1v) is 3.99. The Morgan fingerprint density at radius 1 is 1.58 bits per heavy atom. The number of hydrogen-bond donors (Lipinski definition) is 0. The van der Waals surface area contributed by atoms with E-state index >= 15 is 0 Å². The molecule has 1 rings (SSSR count). The summed E-state index contributed by atoms with van der Waals surface area (Å²) in [4.78, 5) is 14.2. The number of alkyl halides is 1. The van der Waals surface area contributed by atoms with Crippen molar-refractivity contribution in [3.05, 3.63) is 34.0 Å². The highest BCUT2D eigenvalue weighted by molar-refractivity contribution is 6.20. The number of rotatable bonds is 2. The van der Waals surface area contributed by atoms with Gasteiger partial charge in [-0.25, -0.2) is 0 Å². The lowest BCUT2D eigenvalue weighted by Crippen LogP contribution is -1.96. The summed E-state index contributed by atoms with van der Waals surface area (Å²) in [5.74, 6) is 0. The maximum absolute atomic E-state index is 10.2. The average Bonchev–Trinajstić information content (AvgIpc) is 2.03. The highest BCUT2D eigenvalue weighted by Crippen LogP contribution is 2.26. The van der Waals surface area contributed by atoms with Crippen LogP contribution >= 0.6 is 11.6 Å². The summed E-state index contributed by atoms with van der Waals surface area (Å²) in [6, 6.07) is 1.81. The predicted octanol–water partition coefficient (Wildman–Crippen LogP) is 2.70. The molecule has 64 valence electrons. The van der Waals surface area contributed by atoms with Crippen LogP contribution < -0.4 is 0 Å². The molecule has 0 N–H and O–H groups in total. The lowest BCUT2D eigenvalue weighted by Gasteiger charge is -2.07. The van der Waals surface area contributed by atoms with E-state index in [4.69, 9.17) is 11.6 Å². The van der Waals surface area contributed by atoms with Gasteiger partial charge in [0.05, 0.1) is 0 Å². The molecule has 1 atom stereocenters. The molecule has 12 heavy (non-hydrogen) atoms. The molecule has 0 saturated carbocycles. The summed E-state index contributed by atoms with van der Waals surface area (Å²) in [5.41, 5.74) is 1.60. The average molecular weight is 185 g/mol. The fourth-order valence-electron chi connectivity index (χ4n) is 1.12. The second-order valence-electron chi connectivity index (χ2n) is 2.57. The zero-order valence-corrected chi connectivity index (χ0v) is 7.67. The normalized spacial score (nSPS) is 12.6. The van der Waals surface area contributed by atoms with E-state index in [9.17, 15) is 4.91 Å². The van der Waals surface area contributed by atoms with E-state index in [0.29, 0.717) is 5.56 Å². The van der Waals surface area contributed by atoms with Crippen molar-refractivity contribution in [2.45, 2.75) is 19.3 Å². The van der Waals surface area contributed by atoms with Gasteiger partial charge in [-0.2, -0.15) is 0 Å². The minimum Gasteiger partial charge on any atom is -0.261 e. The van der Waals surface area contributed by atoms with Crippen LogP contribution in [0.2, 0.25) is 0 Å². The molecule has 1 heterocycles. The number of halogens is 1. The Hall–Kier alpha value is -0.960. The van der Waals surface area contributed by atoms with E-state index in [1.807, 2.05) is 19.9 Å². The van der Waals surface area contributed by atoms with Crippen molar-refractivity contribution in [3.63, 3.8) is 0 Å². The molecule has 0 bridgehead atoms. The molecule has 0 aliphatic carbocycles. The zero-order valence-electron chi connectivity index (χ0n) is 6.91. The molecule has 3 nitrogen and oxygen atoms in total. The minimum absolute atomic E-state index is 0.717. The zero-order chi connectivity index (χ0) is 9.14. The van der Waals surface area contributed by atoms with E-state index in [2.05, 4.69) is 10.2 Å². The van der Waals surface area contributed by atoms with Crippen LogP contribution in [0.3, 0.4) is 0 Å². The standard InChI is InChI=1S/C8H9ClN2O/c1-5-3-4-10-6(2)7(5)8(9)11-12/h3-4,8H,1-2H3. The van der Waals surface area contributed by atoms with E-state index < -0.39 is 5.50 Å². The largest absolute Gasteiger partial charge is 0.261 e. The number of pyridine rings is 1. The highest BCUT2D eigenvalue weighted by Gasteiger charge is 2.13. The molecule has 1 unspecified atom stereocenters. The molecule has 0 radical (unpaired) electrons. The molecule has 0 spiro atoms.